The summed E-state index contributed by atoms with van der Waals surface area (Å²) in [5, 5.41) is 7.02. The summed E-state index contributed by atoms with van der Waals surface area (Å²) >= 11 is 0. The lowest BCUT2D eigenvalue weighted by molar-refractivity contribution is -0.117. The standard InChI is InChI=1S/C24H28N4O5S/c1-5-27(6-2)34(31,32)22-15-18(12-11-17(22)3)19-13-14-24(30)28(26-19)16-23(29)25-20-9-7-8-10-21(20)33-4/h7-15H,5-6,16H2,1-4H3,(H,25,29). The summed E-state index contributed by atoms with van der Waals surface area (Å²) in [6.07, 6.45) is 0. The van der Waals surface area contributed by atoms with E-state index in [1.54, 1.807) is 63.2 Å². The summed E-state index contributed by atoms with van der Waals surface area (Å²) in [6.45, 7) is 5.69. The number of nitrogens with one attached hydrogen (secondary N) is 1. The van der Waals surface area contributed by atoms with E-state index in [0.717, 1.165) is 4.68 Å². The van der Waals surface area contributed by atoms with Gasteiger partial charge in [0.2, 0.25) is 15.9 Å². The average Bonchev–Trinajstić information content (AvgIpc) is 2.81. The first-order valence-corrected chi connectivity index (χ1v) is 12.3. The van der Waals surface area contributed by atoms with E-state index in [1.807, 2.05) is 0 Å². The Morgan fingerprint density at radius 1 is 1.09 bits per heavy atom. The summed E-state index contributed by atoms with van der Waals surface area (Å²) < 4.78 is 33.8. The first kappa shape index (κ1) is 25.1. The van der Waals surface area contributed by atoms with Gasteiger partial charge >= 0.3 is 0 Å². The van der Waals surface area contributed by atoms with E-state index in [0.29, 0.717) is 41.3 Å². The van der Waals surface area contributed by atoms with Crippen LogP contribution in [0.25, 0.3) is 11.3 Å². The maximum absolute atomic E-state index is 13.1. The van der Waals surface area contributed by atoms with Crippen LogP contribution in [0, 0.1) is 6.92 Å². The van der Waals surface area contributed by atoms with Crippen LogP contribution in [-0.2, 0) is 21.4 Å². The van der Waals surface area contributed by atoms with Gasteiger partial charge in [0.25, 0.3) is 5.56 Å². The molecule has 0 saturated carbocycles. The van der Waals surface area contributed by atoms with E-state index in [9.17, 15) is 18.0 Å². The van der Waals surface area contributed by atoms with Crippen LogP contribution >= 0.6 is 0 Å². The highest BCUT2D eigenvalue weighted by Crippen LogP contribution is 2.26. The van der Waals surface area contributed by atoms with Gasteiger partial charge < -0.3 is 10.1 Å². The molecule has 0 fully saturated rings. The molecule has 3 aromatic rings. The lowest BCUT2D eigenvalue weighted by Crippen LogP contribution is -2.31. The highest BCUT2D eigenvalue weighted by molar-refractivity contribution is 7.89. The van der Waals surface area contributed by atoms with Crippen LogP contribution in [0.3, 0.4) is 0 Å². The number of nitrogens with zero attached hydrogens (tertiary/aromatic N) is 3. The third-order valence-corrected chi connectivity index (χ3v) is 7.54. The number of aromatic nitrogens is 2. The Hall–Kier alpha value is -3.50. The zero-order valence-electron chi connectivity index (χ0n) is 19.6. The van der Waals surface area contributed by atoms with E-state index in [-0.39, 0.29) is 11.4 Å². The number of amides is 1. The number of hydrogen-bond acceptors (Lipinski definition) is 6. The summed E-state index contributed by atoms with van der Waals surface area (Å²) in [6, 6.07) is 14.7. The molecule has 10 heteroatoms. The number of carbonyl (C=O) groups excluding carboxylic acids is 1. The van der Waals surface area contributed by atoms with Gasteiger partial charge in [0.1, 0.15) is 12.3 Å². The SMILES string of the molecule is CCN(CC)S(=O)(=O)c1cc(-c2ccc(=O)n(CC(=O)Nc3ccccc3OC)n2)ccc1C. The second-order valence-corrected chi connectivity index (χ2v) is 9.44. The molecule has 1 heterocycles. The number of sulfonamides is 1. The van der Waals surface area contributed by atoms with Crippen molar-refractivity contribution in [3.05, 3.63) is 70.5 Å². The van der Waals surface area contributed by atoms with E-state index in [4.69, 9.17) is 4.74 Å². The minimum atomic E-state index is -3.68. The predicted octanol–water partition coefficient (Wildman–Crippen LogP) is 2.90. The van der Waals surface area contributed by atoms with Crippen LogP contribution in [0.5, 0.6) is 5.75 Å². The summed E-state index contributed by atoms with van der Waals surface area (Å²) in [7, 11) is -2.18. The van der Waals surface area contributed by atoms with Crippen LogP contribution in [-0.4, -0.2) is 48.6 Å². The number of ether oxygens (including phenoxy) is 1. The van der Waals surface area contributed by atoms with Gasteiger partial charge in [-0.2, -0.15) is 9.40 Å². The molecule has 0 atom stereocenters. The topological polar surface area (TPSA) is 111 Å². The molecule has 0 aliphatic rings. The summed E-state index contributed by atoms with van der Waals surface area (Å²) in [4.78, 5) is 25.1. The van der Waals surface area contributed by atoms with Crippen molar-refractivity contribution in [3.8, 4) is 17.0 Å². The van der Waals surface area contributed by atoms with Gasteiger partial charge in [-0.25, -0.2) is 13.1 Å². The molecule has 0 spiro atoms. The van der Waals surface area contributed by atoms with Crippen LogP contribution in [0.1, 0.15) is 19.4 Å². The van der Waals surface area contributed by atoms with Gasteiger partial charge in [0.05, 0.1) is 23.4 Å². The molecular formula is C24H28N4O5S. The molecule has 9 nitrogen and oxygen atoms in total. The quantitative estimate of drug-likeness (QED) is 0.500. The Labute approximate surface area is 199 Å². The van der Waals surface area contributed by atoms with Gasteiger partial charge in [0, 0.05) is 24.7 Å². The van der Waals surface area contributed by atoms with Gasteiger partial charge in [-0.15, -0.1) is 0 Å². The van der Waals surface area contributed by atoms with Crippen molar-refractivity contribution < 1.29 is 17.9 Å². The van der Waals surface area contributed by atoms with Gasteiger partial charge in [-0.1, -0.05) is 38.1 Å². The molecule has 0 radical (unpaired) electrons. The molecule has 1 N–H and O–H groups in total. The number of carbonyl (C=O) groups is 1. The highest BCUT2D eigenvalue weighted by Gasteiger charge is 2.24. The molecule has 0 aliphatic carbocycles. The molecule has 2 aromatic carbocycles. The molecule has 1 aromatic heterocycles. The second-order valence-electron chi connectivity index (χ2n) is 7.53. The minimum Gasteiger partial charge on any atom is -0.495 e. The van der Waals surface area contributed by atoms with Crippen molar-refractivity contribution in [2.45, 2.75) is 32.2 Å². The first-order valence-electron chi connectivity index (χ1n) is 10.8. The summed E-state index contributed by atoms with van der Waals surface area (Å²) in [5.74, 6) is 0.0384. The number of para-hydroxylation sites is 2. The number of anilines is 1. The molecule has 180 valence electrons. The van der Waals surface area contributed by atoms with Crippen molar-refractivity contribution in [1.82, 2.24) is 14.1 Å². The Morgan fingerprint density at radius 2 is 1.79 bits per heavy atom. The normalized spacial score (nSPS) is 11.4. The molecule has 0 aliphatic heterocycles. The van der Waals surface area contributed by atoms with Crippen LogP contribution < -0.4 is 15.6 Å². The highest BCUT2D eigenvalue weighted by atomic mass is 32.2. The van der Waals surface area contributed by atoms with Crippen molar-refractivity contribution in [1.29, 1.82) is 0 Å². The number of rotatable bonds is 9. The number of methoxy groups -OCH3 is 1. The molecule has 0 bridgehead atoms. The number of hydrogen-bond donors (Lipinski definition) is 1. The van der Waals surface area contributed by atoms with Gasteiger partial charge in [-0.05, 0) is 36.8 Å². The van der Waals surface area contributed by atoms with Crippen molar-refractivity contribution in [2.24, 2.45) is 0 Å². The third-order valence-electron chi connectivity index (χ3n) is 5.35. The Kier molecular flexibility index (Phi) is 7.85. The maximum Gasteiger partial charge on any atom is 0.267 e. The van der Waals surface area contributed by atoms with Crippen molar-refractivity contribution in [2.75, 3.05) is 25.5 Å². The van der Waals surface area contributed by atoms with Gasteiger partial charge in [0.15, 0.2) is 0 Å². The number of benzene rings is 2. The van der Waals surface area contributed by atoms with Gasteiger partial charge in [-0.3, -0.25) is 9.59 Å². The molecule has 3 rings (SSSR count). The average molecular weight is 485 g/mol. The molecule has 0 unspecified atom stereocenters. The Morgan fingerprint density at radius 3 is 2.47 bits per heavy atom. The fourth-order valence-corrected chi connectivity index (χ4v) is 5.24. The zero-order valence-corrected chi connectivity index (χ0v) is 20.4. The fourth-order valence-electron chi connectivity index (χ4n) is 3.53. The Balaban J connectivity index is 1.92. The van der Waals surface area contributed by atoms with Crippen LogP contribution in [0.4, 0.5) is 5.69 Å². The van der Waals surface area contributed by atoms with E-state index in [2.05, 4.69) is 10.4 Å². The van der Waals surface area contributed by atoms with Crippen LogP contribution in [0.15, 0.2) is 64.3 Å². The molecular weight excluding hydrogens is 456 g/mol. The maximum atomic E-state index is 13.1. The largest absolute Gasteiger partial charge is 0.495 e. The first-order chi connectivity index (χ1) is 16.2. The minimum absolute atomic E-state index is 0.183. The zero-order chi connectivity index (χ0) is 24.9. The van der Waals surface area contributed by atoms with Crippen molar-refractivity contribution >= 4 is 21.6 Å². The van der Waals surface area contributed by atoms with E-state index >= 15 is 0 Å². The molecule has 1 amide bonds. The van der Waals surface area contributed by atoms with E-state index in [1.165, 1.54) is 23.5 Å². The fraction of sp³-hybridized carbons (Fsp3) is 0.292. The number of aryl methyl sites for hydroxylation is 1. The Bertz CT molecular complexity index is 1350. The molecule has 34 heavy (non-hydrogen) atoms. The van der Waals surface area contributed by atoms with Crippen LogP contribution in [0.2, 0.25) is 0 Å². The predicted molar refractivity (Wildman–Crippen MR) is 130 cm³/mol. The summed E-state index contributed by atoms with van der Waals surface area (Å²) in [5.41, 5.74) is 1.53. The third kappa shape index (κ3) is 5.35. The smallest absolute Gasteiger partial charge is 0.267 e. The van der Waals surface area contributed by atoms with E-state index < -0.39 is 21.5 Å². The molecule has 0 saturated heterocycles. The second kappa shape index (κ2) is 10.6. The van der Waals surface area contributed by atoms with Crippen molar-refractivity contribution in [3.63, 3.8) is 0 Å². The monoisotopic (exact) mass is 484 g/mol. The lowest BCUT2D eigenvalue weighted by Gasteiger charge is -2.20. The lowest BCUT2D eigenvalue weighted by atomic mass is 10.1.